The average Bonchev–Trinajstić information content (AvgIpc) is 2.91. The molecule has 26 heavy (non-hydrogen) atoms. The molecule has 3 rings (SSSR count). The molecule has 1 aliphatic heterocycles. The summed E-state index contributed by atoms with van der Waals surface area (Å²) in [6, 6.07) is 9.28. The van der Waals surface area contributed by atoms with E-state index in [0.717, 1.165) is 18.9 Å². The molecule has 1 fully saturated rings. The third-order valence-corrected chi connectivity index (χ3v) is 4.44. The predicted octanol–water partition coefficient (Wildman–Crippen LogP) is 4.09. The fourth-order valence-corrected chi connectivity index (χ4v) is 3.19. The molecular formula is C20H26N4O2. The molecule has 0 bridgehead atoms. The zero-order valence-electron chi connectivity index (χ0n) is 15.5. The Hall–Kier alpha value is -2.63. The van der Waals surface area contributed by atoms with Crippen LogP contribution >= 0.6 is 0 Å². The van der Waals surface area contributed by atoms with Crippen LogP contribution in [0.25, 0.3) is 0 Å². The number of benzene rings is 1. The van der Waals surface area contributed by atoms with E-state index in [2.05, 4.69) is 20.2 Å². The molecule has 0 unspecified atom stereocenters. The Kier molecular flexibility index (Phi) is 6.04. The van der Waals surface area contributed by atoms with Crippen molar-refractivity contribution in [1.82, 2.24) is 9.97 Å². The molecule has 0 saturated carbocycles. The summed E-state index contributed by atoms with van der Waals surface area (Å²) in [5.74, 6) is 2.00. The summed E-state index contributed by atoms with van der Waals surface area (Å²) in [5.41, 5.74) is 1.19. The fourth-order valence-electron chi connectivity index (χ4n) is 3.19. The largest absolute Gasteiger partial charge is 0.462 e. The molecule has 0 radical (unpaired) electrons. The number of nitrogens with zero attached hydrogens (tertiary/aromatic N) is 3. The summed E-state index contributed by atoms with van der Waals surface area (Å²) < 4.78 is 5.14. The zero-order chi connectivity index (χ0) is 18.4. The van der Waals surface area contributed by atoms with E-state index >= 15 is 0 Å². The van der Waals surface area contributed by atoms with Gasteiger partial charge in [0.25, 0.3) is 0 Å². The summed E-state index contributed by atoms with van der Waals surface area (Å²) in [4.78, 5) is 23.6. The Morgan fingerprint density at radius 2 is 1.88 bits per heavy atom. The fraction of sp³-hybridized carbons (Fsp3) is 0.450. The van der Waals surface area contributed by atoms with E-state index in [4.69, 9.17) is 4.74 Å². The highest BCUT2D eigenvalue weighted by Crippen LogP contribution is 2.24. The van der Waals surface area contributed by atoms with Crippen LogP contribution in [0.2, 0.25) is 0 Å². The van der Waals surface area contributed by atoms with Crippen LogP contribution in [0.1, 0.15) is 48.8 Å². The van der Waals surface area contributed by atoms with Crippen molar-refractivity contribution in [2.45, 2.75) is 39.5 Å². The Morgan fingerprint density at radius 3 is 2.62 bits per heavy atom. The summed E-state index contributed by atoms with van der Waals surface area (Å²) in [5, 5.41) is 3.27. The summed E-state index contributed by atoms with van der Waals surface area (Å²) in [6.07, 6.45) is 4.94. The zero-order valence-corrected chi connectivity index (χ0v) is 15.5. The highest BCUT2D eigenvalue weighted by atomic mass is 16.5. The molecule has 1 saturated heterocycles. The molecule has 0 aliphatic carbocycles. The highest BCUT2D eigenvalue weighted by molar-refractivity contribution is 5.96. The Morgan fingerprint density at radius 1 is 1.15 bits per heavy atom. The molecule has 0 amide bonds. The van der Waals surface area contributed by atoms with Gasteiger partial charge in [0.05, 0.1) is 17.9 Å². The van der Waals surface area contributed by atoms with Gasteiger partial charge in [0.2, 0.25) is 0 Å². The number of anilines is 3. The summed E-state index contributed by atoms with van der Waals surface area (Å²) in [7, 11) is 0. The Bertz CT molecular complexity index is 755. The first kappa shape index (κ1) is 18.2. The molecule has 1 aromatic heterocycles. The quantitative estimate of drug-likeness (QED) is 0.816. The van der Waals surface area contributed by atoms with Crippen LogP contribution in [-0.2, 0) is 4.74 Å². The van der Waals surface area contributed by atoms with E-state index in [1.807, 2.05) is 31.2 Å². The maximum atomic E-state index is 12.2. The van der Waals surface area contributed by atoms with E-state index in [-0.39, 0.29) is 5.97 Å². The molecule has 2 heterocycles. The van der Waals surface area contributed by atoms with Crippen molar-refractivity contribution >= 4 is 23.3 Å². The number of hydrogen-bond acceptors (Lipinski definition) is 6. The number of para-hydroxylation sites is 1. The second-order valence-electron chi connectivity index (χ2n) is 6.45. The smallest absolute Gasteiger partial charge is 0.340 e. The van der Waals surface area contributed by atoms with Gasteiger partial charge in [-0.3, -0.25) is 0 Å². The molecule has 6 heteroatoms. The van der Waals surface area contributed by atoms with Crippen LogP contribution < -0.4 is 10.2 Å². The van der Waals surface area contributed by atoms with Crippen LogP contribution in [-0.4, -0.2) is 35.6 Å². The molecule has 0 atom stereocenters. The molecule has 138 valence electrons. The maximum absolute atomic E-state index is 12.2. The van der Waals surface area contributed by atoms with Crippen LogP contribution in [0.5, 0.6) is 0 Å². The second-order valence-corrected chi connectivity index (χ2v) is 6.45. The van der Waals surface area contributed by atoms with Gasteiger partial charge in [-0.25, -0.2) is 14.8 Å². The van der Waals surface area contributed by atoms with Crippen molar-refractivity contribution in [3.63, 3.8) is 0 Å². The minimum atomic E-state index is -0.339. The van der Waals surface area contributed by atoms with Crippen molar-refractivity contribution in [3.05, 3.63) is 41.7 Å². The van der Waals surface area contributed by atoms with Gasteiger partial charge in [-0.15, -0.1) is 0 Å². The first-order valence-electron chi connectivity index (χ1n) is 9.31. The van der Waals surface area contributed by atoms with E-state index < -0.39 is 0 Å². The first-order valence-corrected chi connectivity index (χ1v) is 9.31. The predicted molar refractivity (Wildman–Crippen MR) is 103 cm³/mol. The van der Waals surface area contributed by atoms with Crippen LogP contribution in [0.3, 0.4) is 0 Å². The first-order chi connectivity index (χ1) is 12.7. The molecule has 1 aromatic carbocycles. The monoisotopic (exact) mass is 354 g/mol. The number of hydrogen-bond donors (Lipinski definition) is 1. The third-order valence-electron chi connectivity index (χ3n) is 4.44. The van der Waals surface area contributed by atoms with E-state index in [1.165, 1.54) is 25.7 Å². The van der Waals surface area contributed by atoms with Crippen molar-refractivity contribution < 1.29 is 9.53 Å². The number of rotatable bonds is 5. The van der Waals surface area contributed by atoms with Crippen molar-refractivity contribution in [2.24, 2.45) is 0 Å². The van der Waals surface area contributed by atoms with Crippen LogP contribution in [0, 0.1) is 6.92 Å². The topological polar surface area (TPSA) is 67.3 Å². The molecule has 1 aliphatic rings. The van der Waals surface area contributed by atoms with Crippen LogP contribution in [0.4, 0.5) is 17.3 Å². The number of nitrogens with one attached hydrogen (secondary N) is 1. The molecule has 1 N–H and O–H groups in total. The number of carbonyl (C=O) groups excluding carboxylic acids is 1. The second kappa shape index (κ2) is 8.65. The molecular weight excluding hydrogens is 328 g/mol. The van der Waals surface area contributed by atoms with Gasteiger partial charge in [0.1, 0.15) is 17.5 Å². The Labute approximate surface area is 154 Å². The van der Waals surface area contributed by atoms with Crippen molar-refractivity contribution in [1.29, 1.82) is 0 Å². The highest BCUT2D eigenvalue weighted by Gasteiger charge is 2.15. The van der Waals surface area contributed by atoms with Gasteiger partial charge in [0.15, 0.2) is 0 Å². The van der Waals surface area contributed by atoms with Crippen molar-refractivity contribution in [2.75, 3.05) is 29.9 Å². The molecule has 6 nitrogen and oxygen atoms in total. The number of aryl methyl sites for hydroxylation is 1. The lowest BCUT2D eigenvalue weighted by Gasteiger charge is -2.22. The Balaban J connectivity index is 1.85. The lowest BCUT2D eigenvalue weighted by atomic mass is 10.2. The summed E-state index contributed by atoms with van der Waals surface area (Å²) in [6.45, 7) is 6.09. The molecule has 2 aromatic rings. The third kappa shape index (κ3) is 4.50. The lowest BCUT2D eigenvalue weighted by Crippen LogP contribution is -2.25. The van der Waals surface area contributed by atoms with Gasteiger partial charge in [0, 0.05) is 19.2 Å². The number of esters is 1. The summed E-state index contributed by atoms with van der Waals surface area (Å²) >= 11 is 0. The van der Waals surface area contributed by atoms with E-state index in [0.29, 0.717) is 29.5 Å². The average molecular weight is 354 g/mol. The maximum Gasteiger partial charge on any atom is 0.340 e. The van der Waals surface area contributed by atoms with E-state index in [1.54, 1.807) is 13.0 Å². The van der Waals surface area contributed by atoms with Gasteiger partial charge in [-0.1, -0.05) is 25.0 Å². The molecule has 0 spiro atoms. The minimum absolute atomic E-state index is 0.339. The van der Waals surface area contributed by atoms with Gasteiger partial charge in [-0.2, -0.15) is 0 Å². The number of aromatic nitrogens is 2. The van der Waals surface area contributed by atoms with Gasteiger partial charge >= 0.3 is 5.97 Å². The SMILES string of the molecule is CCOC(=O)c1ccccc1Nc1cc(N2CCCCCC2)nc(C)n1. The van der Waals surface area contributed by atoms with Crippen LogP contribution in [0.15, 0.2) is 30.3 Å². The van der Waals surface area contributed by atoms with Crippen molar-refractivity contribution in [3.8, 4) is 0 Å². The minimum Gasteiger partial charge on any atom is -0.462 e. The van der Waals surface area contributed by atoms with Gasteiger partial charge in [-0.05, 0) is 38.8 Å². The number of ether oxygens (including phenoxy) is 1. The number of carbonyl (C=O) groups is 1. The lowest BCUT2D eigenvalue weighted by molar-refractivity contribution is 0.0527. The standard InChI is InChI=1S/C20H26N4O2/c1-3-26-20(25)16-10-6-7-11-17(16)23-18-14-19(22-15(2)21-18)24-12-8-4-5-9-13-24/h6-7,10-11,14H,3-5,8-9,12-13H2,1-2H3,(H,21,22,23). The van der Waals surface area contributed by atoms with Gasteiger partial charge < -0.3 is 15.0 Å². The normalized spacial score (nSPS) is 14.6. The van der Waals surface area contributed by atoms with E-state index in [9.17, 15) is 4.79 Å².